The van der Waals surface area contributed by atoms with Gasteiger partial charge in [0.1, 0.15) is 0 Å². The SMILES string of the molecule is O=C(CC1CCCC1)NC[C@H](c1ccccc1Cl)c1c[nH]c2ccccc12. The van der Waals surface area contributed by atoms with E-state index in [-0.39, 0.29) is 11.8 Å². The predicted molar refractivity (Wildman–Crippen MR) is 111 cm³/mol. The molecule has 1 fully saturated rings. The quantitative estimate of drug-likeness (QED) is 0.570. The number of halogens is 1. The molecule has 0 unspecified atom stereocenters. The lowest BCUT2D eigenvalue weighted by atomic mass is 9.90. The van der Waals surface area contributed by atoms with Gasteiger partial charge >= 0.3 is 0 Å². The molecule has 140 valence electrons. The lowest BCUT2D eigenvalue weighted by Gasteiger charge is -2.20. The molecule has 2 N–H and O–H groups in total. The largest absolute Gasteiger partial charge is 0.361 e. The van der Waals surface area contributed by atoms with Gasteiger partial charge in [-0.15, -0.1) is 0 Å². The summed E-state index contributed by atoms with van der Waals surface area (Å²) in [7, 11) is 0. The second-order valence-electron chi connectivity index (χ2n) is 7.52. The zero-order chi connectivity index (χ0) is 18.6. The number of aromatic nitrogens is 1. The van der Waals surface area contributed by atoms with E-state index in [1.165, 1.54) is 36.6 Å². The van der Waals surface area contributed by atoms with E-state index >= 15 is 0 Å². The Balaban J connectivity index is 1.59. The molecule has 0 saturated heterocycles. The van der Waals surface area contributed by atoms with Crippen molar-refractivity contribution in [3.63, 3.8) is 0 Å². The summed E-state index contributed by atoms with van der Waals surface area (Å²) < 4.78 is 0. The Morgan fingerprint density at radius 3 is 2.63 bits per heavy atom. The van der Waals surface area contributed by atoms with Crippen LogP contribution in [0.25, 0.3) is 10.9 Å². The highest BCUT2D eigenvalue weighted by Gasteiger charge is 2.23. The van der Waals surface area contributed by atoms with Gasteiger partial charge in [0.05, 0.1) is 0 Å². The third-order valence-electron chi connectivity index (χ3n) is 5.73. The number of amides is 1. The van der Waals surface area contributed by atoms with E-state index in [4.69, 9.17) is 11.6 Å². The van der Waals surface area contributed by atoms with Gasteiger partial charge in [-0.05, 0) is 42.0 Å². The third kappa shape index (κ3) is 4.03. The van der Waals surface area contributed by atoms with E-state index in [2.05, 4.69) is 28.5 Å². The van der Waals surface area contributed by atoms with E-state index in [1.807, 2.05) is 36.5 Å². The van der Waals surface area contributed by atoms with Gasteiger partial charge in [-0.3, -0.25) is 4.79 Å². The monoisotopic (exact) mass is 380 g/mol. The second kappa shape index (κ2) is 8.18. The fourth-order valence-corrected chi connectivity index (χ4v) is 4.56. The van der Waals surface area contributed by atoms with Gasteiger partial charge in [-0.25, -0.2) is 0 Å². The number of fused-ring (bicyclic) bond motifs is 1. The van der Waals surface area contributed by atoms with Gasteiger partial charge in [0, 0.05) is 41.0 Å². The Bertz CT molecular complexity index is 927. The summed E-state index contributed by atoms with van der Waals surface area (Å²) in [5.41, 5.74) is 3.31. The van der Waals surface area contributed by atoms with E-state index in [9.17, 15) is 4.79 Å². The molecular weight excluding hydrogens is 356 g/mol. The maximum atomic E-state index is 12.5. The fourth-order valence-electron chi connectivity index (χ4n) is 4.29. The van der Waals surface area contributed by atoms with Gasteiger partial charge < -0.3 is 10.3 Å². The van der Waals surface area contributed by atoms with Crippen molar-refractivity contribution < 1.29 is 4.79 Å². The molecule has 1 aliphatic rings. The van der Waals surface area contributed by atoms with Gasteiger partial charge in [0.25, 0.3) is 0 Å². The Kier molecular flexibility index (Phi) is 5.49. The van der Waals surface area contributed by atoms with Crippen LogP contribution in [0.1, 0.15) is 49.1 Å². The van der Waals surface area contributed by atoms with Gasteiger partial charge in [0.15, 0.2) is 0 Å². The normalized spacial score (nSPS) is 15.9. The fraction of sp³-hybridized carbons (Fsp3) is 0.348. The summed E-state index contributed by atoms with van der Waals surface area (Å²) in [6.07, 6.45) is 7.57. The van der Waals surface area contributed by atoms with Crippen LogP contribution in [0.3, 0.4) is 0 Å². The smallest absolute Gasteiger partial charge is 0.220 e. The van der Waals surface area contributed by atoms with Crippen molar-refractivity contribution in [3.8, 4) is 0 Å². The Hall–Kier alpha value is -2.26. The standard InChI is InChI=1S/C23H25ClN2O/c24-21-11-5-3-9-17(21)19(15-26-23(27)13-16-7-1-2-8-16)20-14-25-22-12-6-4-10-18(20)22/h3-6,9-12,14,16,19,25H,1-2,7-8,13,15H2,(H,26,27)/t19-/m1/s1. The highest BCUT2D eigenvalue weighted by Crippen LogP contribution is 2.34. The average molecular weight is 381 g/mol. The summed E-state index contributed by atoms with van der Waals surface area (Å²) in [6.45, 7) is 0.553. The van der Waals surface area contributed by atoms with Gasteiger partial charge in [-0.2, -0.15) is 0 Å². The number of carbonyl (C=O) groups is 1. The van der Waals surface area contributed by atoms with Crippen LogP contribution < -0.4 is 5.32 Å². The Labute approximate surface area is 165 Å². The van der Waals surface area contributed by atoms with Gasteiger partial charge in [-0.1, -0.05) is 60.8 Å². The van der Waals surface area contributed by atoms with Crippen molar-refractivity contribution in [3.05, 3.63) is 70.9 Å². The first-order valence-electron chi connectivity index (χ1n) is 9.79. The lowest BCUT2D eigenvalue weighted by molar-refractivity contribution is -0.122. The lowest BCUT2D eigenvalue weighted by Crippen LogP contribution is -2.30. The van der Waals surface area contributed by atoms with E-state index in [1.54, 1.807) is 0 Å². The number of H-pyrrole nitrogens is 1. The van der Waals surface area contributed by atoms with Crippen LogP contribution in [0.2, 0.25) is 5.02 Å². The van der Waals surface area contributed by atoms with E-state index < -0.39 is 0 Å². The molecule has 1 aromatic heterocycles. The van der Waals surface area contributed by atoms with Crippen LogP contribution in [-0.2, 0) is 4.79 Å². The van der Waals surface area contributed by atoms with E-state index in [0.717, 1.165) is 16.1 Å². The number of aromatic amines is 1. The first-order chi connectivity index (χ1) is 13.2. The van der Waals surface area contributed by atoms with Crippen molar-refractivity contribution in [2.24, 2.45) is 5.92 Å². The number of carbonyl (C=O) groups excluding carboxylic acids is 1. The molecule has 3 aromatic rings. The molecule has 4 heteroatoms. The third-order valence-corrected chi connectivity index (χ3v) is 6.07. The number of para-hydroxylation sites is 1. The Morgan fingerprint density at radius 2 is 1.81 bits per heavy atom. The van der Waals surface area contributed by atoms with Crippen molar-refractivity contribution >= 4 is 28.4 Å². The molecule has 1 heterocycles. The Morgan fingerprint density at radius 1 is 1.07 bits per heavy atom. The van der Waals surface area contributed by atoms with Crippen LogP contribution in [0.15, 0.2) is 54.7 Å². The van der Waals surface area contributed by atoms with Crippen LogP contribution in [0.5, 0.6) is 0 Å². The summed E-state index contributed by atoms with van der Waals surface area (Å²) in [4.78, 5) is 15.8. The number of hydrogen-bond donors (Lipinski definition) is 2. The van der Waals surface area contributed by atoms with Crippen LogP contribution in [-0.4, -0.2) is 17.4 Å². The predicted octanol–water partition coefficient (Wildman–Crippen LogP) is 5.65. The summed E-state index contributed by atoms with van der Waals surface area (Å²) in [6, 6.07) is 16.2. The first kappa shape index (κ1) is 18.1. The highest BCUT2D eigenvalue weighted by molar-refractivity contribution is 6.31. The number of hydrogen-bond acceptors (Lipinski definition) is 1. The van der Waals surface area contributed by atoms with Gasteiger partial charge in [0.2, 0.25) is 5.91 Å². The molecular formula is C23H25ClN2O. The zero-order valence-corrected chi connectivity index (χ0v) is 16.1. The van der Waals surface area contributed by atoms with Crippen molar-refractivity contribution in [1.82, 2.24) is 10.3 Å². The number of nitrogens with one attached hydrogen (secondary N) is 2. The summed E-state index contributed by atoms with van der Waals surface area (Å²) in [5, 5.41) is 5.08. The minimum absolute atomic E-state index is 0.0161. The molecule has 2 aromatic carbocycles. The van der Waals surface area contributed by atoms with E-state index in [0.29, 0.717) is 18.9 Å². The molecule has 0 radical (unpaired) electrons. The average Bonchev–Trinajstić information content (AvgIpc) is 3.33. The first-order valence-corrected chi connectivity index (χ1v) is 10.2. The number of benzene rings is 2. The van der Waals surface area contributed by atoms with Crippen LogP contribution >= 0.6 is 11.6 Å². The molecule has 0 aliphatic heterocycles. The van der Waals surface area contributed by atoms with Crippen LogP contribution in [0.4, 0.5) is 0 Å². The maximum Gasteiger partial charge on any atom is 0.220 e. The summed E-state index contributed by atoms with van der Waals surface area (Å²) >= 11 is 6.52. The molecule has 1 atom stereocenters. The summed E-state index contributed by atoms with van der Waals surface area (Å²) in [5.74, 6) is 0.720. The molecule has 4 rings (SSSR count). The maximum absolute atomic E-state index is 12.5. The van der Waals surface area contributed by atoms with Crippen molar-refractivity contribution in [2.75, 3.05) is 6.54 Å². The minimum atomic E-state index is 0.0161. The highest BCUT2D eigenvalue weighted by atomic mass is 35.5. The molecule has 1 saturated carbocycles. The van der Waals surface area contributed by atoms with Crippen LogP contribution in [0, 0.1) is 5.92 Å². The molecule has 27 heavy (non-hydrogen) atoms. The molecule has 0 bridgehead atoms. The second-order valence-corrected chi connectivity index (χ2v) is 7.93. The van der Waals surface area contributed by atoms with Crippen molar-refractivity contribution in [1.29, 1.82) is 0 Å². The van der Waals surface area contributed by atoms with Crippen molar-refractivity contribution in [2.45, 2.75) is 38.0 Å². The molecule has 1 aliphatic carbocycles. The molecule has 0 spiro atoms. The molecule has 3 nitrogen and oxygen atoms in total. The molecule has 1 amide bonds. The number of rotatable bonds is 6. The zero-order valence-electron chi connectivity index (χ0n) is 15.4. The topological polar surface area (TPSA) is 44.9 Å². The minimum Gasteiger partial charge on any atom is -0.361 e.